The lowest BCUT2D eigenvalue weighted by atomic mass is 9.97. The van der Waals surface area contributed by atoms with Crippen LogP contribution in [0.1, 0.15) is 24.8 Å². The highest BCUT2D eigenvalue weighted by Crippen LogP contribution is 2.21. The molecule has 1 amide bonds. The molecule has 1 aromatic rings. The van der Waals surface area contributed by atoms with E-state index in [1.165, 1.54) is 0 Å². The largest absolute Gasteiger partial charge is 0.390 e. The van der Waals surface area contributed by atoms with Gasteiger partial charge in [-0.25, -0.2) is 8.78 Å². The van der Waals surface area contributed by atoms with E-state index in [2.05, 4.69) is 21.2 Å². The number of halogens is 3. The molecule has 0 aliphatic carbocycles. The third kappa shape index (κ3) is 5.65. The Kier molecular flexibility index (Phi) is 5.87. The third-order valence-electron chi connectivity index (χ3n) is 2.71. The average molecular weight is 336 g/mol. The maximum Gasteiger partial charge on any atom is 0.287 e. The monoisotopic (exact) mass is 335 g/mol. The lowest BCUT2D eigenvalue weighted by Gasteiger charge is -2.16. The van der Waals surface area contributed by atoms with Crippen LogP contribution >= 0.6 is 15.9 Å². The van der Waals surface area contributed by atoms with Gasteiger partial charge in [0.15, 0.2) is 0 Å². The summed E-state index contributed by atoms with van der Waals surface area (Å²) < 4.78 is 26.4. The topological polar surface area (TPSA) is 49.3 Å². The van der Waals surface area contributed by atoms with Crippen molar-refractivity contribution in [1.82, 2.24) is 5.32 Å². The fraction of sp³-hybridized carbons (Fsp3) is 0.462. The van der Waals surface area contributed by atoms with Gasteiger partial charge in [0.1, 0.15) is 6.61 Å². The lowest BCUT2D eigenvalue weighted by molar-refractivity contribution is -0.124. The van der Waals surface area contributed by atoms with Crippen molar-refractivity contribution in [1.29, 1.82) is 0 Å². The molecular weight excluding hydrogens is 320 g/mol. The van der Waals surface area contributed by atoms with Crippen molar-refractivity contribution in [2.45, 2.75) is 25.2 Å². The summed E-state index contributed by atoms with van der Waals surface area (Å²) in [6.45, 7) is -0.252. The van der Waals surface area contributed by atoms with Gasteiger partial charge in [-0.1, -0.05) is 35.0 Å². The molecule has 0 bridgehead atoms. The van der Waals surface area contributed by atoms with Crippen molar-refractivity contribution in [3.8, 4) is 0 Å². The number of carbonyl (C=O) groups excluding carboxylic acids is 1. The number of alkyl halides is 2. The summed E-state index contributed by atoms with van der Waals surface area (Å²) in [5.41, 5.74) is 0.965. The summed E-state index contributed by atoms with van der Waals surface area (Å²) in [4.78, 5) is 11.5. The first-order valence-corrected chi connectivity index (χ1v) is 6.64. The molecule has 0 saturated carbocycles. The van der Waals surface area contributed by atoms with E-state index in [1.807, 2.05) is 31.2 Å². The molecule has 3 nitrogen and oxygen atoms in total. The summed E-state index contributed by atoms with van der Waals surface area (Å²) in [5, 5.41) is 10.5. The van der Waals surface area contributed by atoms with Crippen LogP contribution in [0.5, 0.6) is 0 Å². The summed E-state index contributed by atoms with van der Waals surface area (Å²) in [6, 6.07) is 7.49. The zero-order valence-electron chi connectivity index (χ0n) is 10.5. The first kappa shape index (κ1) is 16.0. The Hall–Kier alpha value is -1.01. The predicted molar refractivity (Wildman–Crippen MR) is 72.2 cm³/mol. The highest BCUT2D eigenvalue weighted by atomic mass is 79.9. The standard InChI is InChI=1S/C13H16BrF2NO2/c1-9(10-2-4-11(14)5-3-10)6-12(19)17-7-13(15,16)8-18/h2-5,9,18H,6-8H2,1H3,(H,17,19). The van der Waals surface area contributed by atoms with Gasteiger partial charge in [-0.2, -0.15) is 0 Å². The molecule has 106 valence electrons. The van der Waals surface area contributed by atoms with Crippen molar-refractivity contribution < 1.29 is 18.7 Å². The molecule has 0 radical (unpaired) electrons. The fourth-order valence-corrected chi connectivity index (χ4v) is 1.81. The quantitative estimate of drug-likeness (QED) is 0.839. The van der Waals surface area contributed by atoms with Crippen LogP contribution in [0.15, 0.2) is 28.7 Å². The van der Waals surface area contributed by atoms with Crippen molar-refractivity contribution in [2.75, 3.05) is 13.2 Å². The normalized spacial score (nSPS) is 13.1. The molecule has 0 aromatic heterocycles. The third-order valence-corrected chi connectivity index (χ3v) is 3.23. The fourth-order valence-electron chi connectivity index (χ4n) is 1.54. The molecule has 0 aliphatic heterocycles. The minimum absolute atomic E-state index is 0.0594. The van der Waals surface area contributed by atoms with Crippen LogP contribution < -0.4 is 5.32 Å². The van der Waals surface area contributed by atoms with Gasteiger partial charge < -0.3 is 10.4 Å². The highest BCUT2D eigenvalue weighted by Gasteiger charge is 2.28. The van der Waals surface area contributed by atoms with Crippen LogP contribution in [0.3, 0.4) is 0 Å². The molecule has 1 atom stereocenters. The molecule has 1 rings (SSSR count). The number of amides is 1. The first-order valence-electron chi connectivity index (χ1n) is 5.85. The van der Waals surface area contributed by atoms with Crippen molar-refractivity contribution in [2.24, 2.45) is 0 Å². The molecule has 19 heavy (non-hydrogen) atoms. The number of hydrogen-bond donors (Lipinski definition) is 2. The summed E-state index contributed by atoms with van der Waals surface area (Å²) in [6.07, 6.45) is 0.128. The summed E-state index contributed by atoms with van der Waals surface area (Å²) >= 11 is 3.31. The van der Waals surface area contributed by atoms with E-state index in [0.29, 0.717) is 0 Å². The Bertz CT molecular complexity index is 423. The van der Waals surface area contributed by atoms with Crippen LogP contribution in [0.2, 0.25) is 0 Å². The maximum atomic E-state index is 12.7. The van der Waals surface area contributed by atoms with E-state index in [4.69, 9.17) is 5.11 Å². The second-order valence-electron chi connectivity index (χ2n) is 4.45. The number of nitrogens with one attached hydrogen (secondary N) is 1. The molecule has 1 aromatic carbocycles. The number of aliphatic hydroxyl groups is 1. The average Bonchev–Trinajstić information content (AvgIpc) is 2.37. The summed E-state index contributed by atoms with van der Waals surface area (Å²) in [7, 11) is 0. The molecule has 0 heterocycles. The molecule has 2 N–H and O–H groups in total. The molecule has 6 heteroatoms. The van der Waals surface area contributed by atoms with E-state index >= 15 is 0 Å². The van der Waals surface area contributed by atoms with Gasteiger partial charge >= 0.3 is 0 Å². The van der Waals surface area contributed by atoms with Crippen LogP contribution in [-0.2, 0) is 4.79 Å². The van der Waals surface area contributed by atoms with Gasteiger partial charge in [0.25, 0.3) is 5.92 Å². The van der Waals surface area contributed by atoms with E-state index in [9.17, 15) is 13.6 Å². The van der Waals surface area contributed by atoms with Crippen molar-refractivity contribution in [3.63, 3.8) is 0 Å². The predicted octanol–water partition coefficient (Wildman–Crippen LogP) is 2.69. The molecule has 0 spiro atoms. The Labute approximate surface area is 119 Å². The van der Waals surface area contributed by atoms with Gasteiger partial charge in [0.2, 0.25) is 5.91 Å². The smallest absolute Gasteiger partial charge is 0.287 e. The van der Waals surface area contributed by atoms with E-state index < -0.39 is 25.0 Å². The van der Waals surface area contributed by atoms with Gasteiger partial charge in [0.05, 0.1) is 6.54 Å². The van der Waals surface area contributed by atoms with Crippen LogP contribution in [0, 0.1) is 0 Å². The van der Waals surface area contributed by atoms with Crippen molar-refractivity contribution in [3.05, 3.63) is 34.3 Å². The zero-order chi connectivity index (χ0) is 14.5. The van der Waals surface area contributed by atoms with Crippen LogP contribution in [0.25, 0.3) is 0 Å². The summed E-state index contributed by atoms with van der Waals surface area (Å²) in [5.74, 6) is -3.78. The zero-order valence-corrected chi connectivity index (χ0v) is 12.1. The number of rotatable bonds is 6. The highest BCUT2D eigenvalue weighted by molar-refractivity contribution is 9.10. The Morgan fingerprint density at radius 2 is 2.00 bits per heavy atom. The van der Waals surface area contributed by atoms with Gasteiger partial charge in [-0.05, 0) is 23.6 Å². The number of hydrogen-bond acceptors (Lipinski definition) is 2. The Morgan fingerprint density at radius 1 is 1.42 bits per heavy atom. The molecule has 1 unspecified atom stereocenters. The minimum Gasteiger partial charge on any atom is -0.390 e. The lowest BCUT2D eigenvalue weighted by Crippen LogP contribution is -2.39. The van der Waals surface area contributed by atoms with Crippen LogP contribution in [-0.4, -0.2) is 30.1 Å². The molecule has 0 saturated heterocycles. The van der Waals surface area contributed by atoms with Gasteiger partial charge in [-0.3, -0.25) is 4.79 Å². The molecule has 0 fully saturated rings. The van der Waals surface area contributed by atoms with Crippen molar-refractivity contribution >= 4 is 21.8 Å². The maximum absolute atomic E-state index is 12.7. The van der Waals surface area contributed by atoms with E-state index in [0.717, 1.165) is 10.0 Å². The van der Waals surface area contributed by atoms with Gasteiger partial charge in [-0.15, -0.1) is 0 Å². The second kappa shape index (κ2) is 6.96. The van der Waals surface area contributed by atoms with Crippen LogP contribution in [0.4, 0.5) is 8.78 Å². The first-order chi connectivity index (χ1) is 8.84. The Morgan fingerprint density at radius 3 is 2.53 bits per heavy atom. The second-order valence-corrected chi connectivity index (χ2v) is 5.36. The van der Waals surface area contributed by atoms with E-state index in [1.54, 1.807) is 0 Å². The SMILES string of the molecule is CC(CC(=O)NCC(F)(F)CO)c1ccc(Br)cc1. The molecule has 0 aliphatic rings. The van der Waals surface area contributed by atoms with Gasteiger partial charge in [0, 0.05) is 10.9 Å². The number of carbonyl (C=O) groups is 1. The van der Waals surface area contributed by atoms with E-state index in [-0.39, 0.29) is 12.3 Å². The number of benzene rings is 1. The number of aliphatic hydroxyl groups excluding tert-OH is 1. The molecular formula is C13H16BrF2NO2. The Balaban J connectivity index is 2.46. The minimum atomic E-state index is -3.27.